The Morgan fingerprint density at radius 2 is 2.16 bits per heavy atom. The third-order valence-corrected chi connectivity index (χ3v) is 3.03. The van der Waals surface area contributed by atoms with E-state index < -0.39 is 6.04 Å². The molecule has 1 unspecified atom stereocenters. The van der Waals surface area contributed by atoms with E-state index in [-0.39, 0.29) is 5.82 Å². The number of pyridine rings is 1. The van der Waals surface area contributed by atoms with Crippen LogP contribution >= 0.6 is 0 Å². The molecule has 0 radical (unpaired) electrons. The Hall–Kier alpha value is -1.98. The minimum absolute atomic E-state index is 0.390. The molecule has 0 aliphatic rings. The van der Waals surface area contributed by atoms with E-state index in [2.05, 4.69) is 10.4 Å². The first kappa shape index (κ1) is 13.5. The van der Waals surface area contributed by atoms with Crippen molar-refractivity contribution in [3.8, 4) is 5.75 Å². The van der Waals surface area contributed by atoms with Gasteiger partial charge in [-0.25, -0.2) is 9.82 Å². The first-order chi connectivity index (χ1) is 9.17. The monoisotopic (exact) mass is 261 g/mol. The summed E-state index contributed by atoms with van der Waals surface area (Å²) in [6.07, 6.45) is 2.72. The van der Waals surface area contributed by atoms with Gasteiger partial charge in [0.2, 0.25) is 0 Å². The molecular weight excluding hydrogens is 245 g/mol. The number of nitrogens with two attached hydrogens (primary N) is 1. The second kappa shape index (κ2) is 5.77. The van der Waals surface area contributed by atoms with Gasteiger partial charge >= 0.3 is 0 Å². The number of halogens is 1. The molecular formula is C14H16FN3O. The number of benzene rings is 1. The lowest BCUT2D eigenvalue weighted by atomic mass is 9.98. The molecule has 1 aromatic heterocycles. The number of nitrogens with zero attached hydrogens (tertiary/aromatic N) is 1. The van der Waals surface area contributed by atoms with Gasteiger partial charge in [-0.05, 0) is 30.2 Å². The van der Waals surface area contributed by atoms with Crippen molar-refractivity contribution < 1.29 is 9.13 Å². The average molecular weight is 261 g/mol. The van der Waals surface area contributed by atoms with Crippen molar-refractivity contribution in [3.05, 3.63) is 59.2 Å². The third kappa shape index (κ3) is 2.72. The number of ether oxygens (including phenoxy) is 1. The molecule has 0 fully saturated rings. The molecule has 0 amide bonds. The van der Waals surface area contributed by atoms with Gasteiger partial charge < -0.3 is 4.74 Å². The second-order valence-electron chi connectivity index (χ2n) is 4.23. The summed E-state index contributed by atoms with van der Waals surface area (Å²) in [5.41, 5.74) is 4.93. The van der Waals surface area contributed by atoms with Gasteiger partial charge in [0, 0.05) is 11.8 Å². The lowest BCUT2D eigenvalue weighted by Crippen LogP contribution is -2.29. The Bertz CT molecular complexity index is 574. The van der Waals surface area contributed by atoms with Crippen molar-refractivity contribution in [2.75, 3.05) is 7.11 Å². The van der Waals surface area contributed by atoms with E-state index in [9.17, 15) is 4.39 Å². The van der Waals surface area contributed by atoms with Gasteiger partial charge in [0.05, 0.1) is 19.3 Å². The molecule has 1 aromatic carbocycles. The minimum Gasteiger partial charge on any atom is -0.496 e. The minimum atomic E-state index is -0.424. The summed E-state index contributed by atoms with van der Waals surface area (Å²) in [6, 6.07) is 6.81. The molecule has 100 valence electrons. The molecule has 2 rings (SSSR count). The SMILES string of the molecule is COc1ccc(C(NN)c2ccncc2F)cc1C. The zero-order valence-electron chi connectivity index (χ0n) is 10.9. The summed E-state index contributed by atoms with van der Waals surface area (Å²) in [7, 11) is 1.61. The number of aryl methyl sites for hydroxylation is 1. The quantitative estimate of drug-likeness (QED) is 0.653. The normalized spacial score (nSPS) is 12.2. The van der Waals surface area contributed by atoms with Gasteiger partial charge in [-0.1, -0.05) is 12.1 Å². The molecule has 5 heteroatoms. The number of hydrazine groups is 1. The topological polar surface area (TPSA) is 60.2 Å². The Morgan fingerprint density at radius 3 is 2.74 bits per heavy atom. The van der Waals surface area contributed by atoms with Crippen molar-refractivity contribution in [2.24, 2.45) is 5.84 Å². The van der Waals surface area contributed by atoms with Crippen molar-refractivity contribution in [3.63, 3.8) is 0 Å². The van der Waals surface area contributed by atoms with Crippen LogP contribution in [0.1, 0.15) is 22.7 Å². The maximum absolute atomic E-state index is 13.8. The van der Waals surface area contributed by atoms with Crippen molar-refractivity contribution in [1.29, 1.82) is 0 Å². The fraction of sp³-hybridized carbons (Fsp3) is 0.214. The van der Waals surface area contributed by atoms with E-state index in [4.69, 9.17) is 10.6 Å². The van der Waals surface area contributed by atoms with E-state index in [0.29, 0.717) is 5.56 Å². The van der Waals surface area contributed by atoms with E-state index in [1.165, 1.54) is 6.20 Å². The van der Waals surface area contributed by atoms with Crippen LogP contribution in [0.5, 0.6) is 5.75 Å². The molecule has 4 nitrogen and oxygen atoms in total. The highest BCUT2D eigenvalue weighted by Gasteiger charge is 2.17. The zero-order valence-corrected chi connectivity index (χ0v) is 10.9. The van der Waals surface area contributed by atoms with Crippen LogP contribution in [0.4, 0.5) is 4.39 Å². The summed E-state index contributed by atoms with van der Waals surface area (Å²) in [4.78, 5) is 3.74. The Morgan fingerprint density at radius 1 is 1.37 bits per heavy atom. The van der Waals surface area contributed by atoms with Gasteiger partial charge in [-0.3, -0.25) is 10.8 Å². The van der Waals surface area contributed by atoms with Gasteiger partial charge in [0.25, 0.3) is 0 Å². The summed E-state index contributed by atoms with van der Waals surface area (Å²) in [5.74, 6) is 5.95. The van der Waals surface area contributed by atoms with E-state index in [1.807, 2.05) is 25.1 Å². The highest BCUT2D eigenvalue weighted by atomic mass is 19.1. The first-order valence-electron chi connectivity index (χ1n) is 5.87. The van der Waals surface area contributed by atoms with E-state index in [1.54, 1.807) is 19.4 Å². The number of hydrogen-bond donors (Lipinski definition) is 2. The van der Waals surface area contributed by atoms with Crippen molar-refractivity contribution in [1.82, 2.24) is 10.4 Å². The Labute approximate surface area is 111 Å². The molecule has 0 saturated carbocycles. The maximum atomic E-state index is 13.8. The molecule has 1 heterocycles. The van der Waals surface area contributed by atoms with Crippen LogP contribution in [0.25, 0.3) is 0 Å². The highest BCUT2D eigenvalue weighted by molar-refractivity contribution is 5.40. The van der Waals surface area contributed by atoms with Gasteiger partial charge in [0.15, 0.2) is 0 Å². The summed E-state index contributed by atoms with van der Waals surface area (Å²) in [6.45, 7) is 1.93. The second-order valence-corrected chi connectivity index (χ2v) is 4.23. The molecule has 0 bridgehead atoms. The molecule has 0 spiro atoms. The van der Waals surface area contributed by atoms with Crippen LogP contribution in [-0.4, -0.2) is 12.1 Å². The van der Waals surface area contributed by atoms with Crippen LogP contribution in [0.15, 0.2) is 36.7 Å². The summed E-state index contributed by atoms with van der Waals surface area (Å²) in [5, 5.41) is 0. The predicted molar refractivity (Wildman–Crippen MR) is 71.1 cm³/mol. The standard InChI is InChI=1S/C14H16FN3O/c1-9-7-10(3-4-13(9)19-2)14(18-16)11-5-6-17-8-12(11)15/h3-8,14,18H,16H2,1-2H3. The van der Waals surface area contributed by atoms with E-state index in [0.717, 1.165) is 16.9 Å². The Kier molecular flexibility index (Phi) is 4.09. The lowest BCUT2D eigenvalue weighted by molar-refractivity contribution is 0.411. The zero-order chi connectivity index (χ0) is 13.8. The maximum Gasteiger partial charge on any atom is 0.146 e. The fourth-order valence-corrected chi connectivity index (χ4v) is 2.07. The van der Waals surface area contributed by atoms with E-state index >= 15 is 0 Å². The number of nitrogens with one attached hydrogen (secondary N) is 1. The molecule has 0 aliphatic heterocycles. The summed E-state index contributed by atoms with van der Waals surface area (Å²) >= 11 is 0. The molecule has 1 atom stereocenters. The average Bonchev–Trinajstić information content (AvgIpc) is 2.42. The third-order valence-electron chi connectivity index (χ3n) is 3.03. The largest absolute Gasteiger partial charge is 0.496 e. The molecule has 0 saturated heterocycles. The van der Waals surface area contributed by atoms with Crippen LogP contribution in [0.3, 0.4) is 0 Å². The number of methoxy groups -OCH3 is 1. The van der Waals surface area contributed by atoms with Crippen LogP contribution in [0.2, 0.25) is 0 Å². The number of hydrogen-bond acceptors (Lipinski definition) is 4. The summed E-state index contributed by atoms with van der Waals surface area (Å²) < 4.78 is 19.0. The van der Waals surface area contributed by atoms with Crippen LogP contribution in [-0.2, 0) is 0 Å². The number of aromatic nitrogens is 1. The Balaban J connectivity index is 2.43. The van der Waals surface area contributed by atoms with Crippen molar-refractivity contribution >= 4 is 0 Å². The molecule has 0 aliphatic carbocycles. The lowest BCUT2D eigenvalue weighted by Gasteiger charge is -2.18. The molecule has 3 N–H and O–H groups in total. The van der Waals surface area contributed by atoms with Gasteiger partial charge in [0.1, 0.15) is 11.6 Å². The highest BCUT2D eigenvalue weighted by Crippen LogP contribution is 2.27. The van der Waals surface area contributed by atoms with Crippen LogP contribution in [0, 0.1) is 12.7 Å². The van der Waals surface area contributed by atoms with Crippen molar-refractivity contribution in [2.45, 2.75) is 13.0 Å². The fourth-order valence-electron chi connectivity index (χ4n) is 2.07. The van der Waals surface area contributed by atoms with Gasteiger partial charge in [-0.15, -0.1) is 0 Å². The first-order valence-corrected chi connectivity index (χ1v) is 5.87. The predicted octanol–water partition coefficient (Wildman–Crippen LogP) is 2.09. The molecule has 2 aromatic rings. The number of rotatable bonds is 4. The smallest absolute Gasteiger partial charge is 0.146 e. The molecule has 19 heavy (non-hydrogen) atoms. The van der Waals surface area contributed by atoms with Gasteiger partial charge in [-0.2, -0.15) is 0 Å². The van der Waals surface area contributed by atoms with Crippen LogP contribution < -0.4 is 16.0 Å².